The minimum absolute atomic E-state index is 0.0779. The molecule has 0 bridgehead atoms. The molecule has 8 heteroatoms. The molecule has 0 unspecified atom stereocenters. The Morgan fingerprint density at radius 1 is 1.03 bits per heavy atom. The number of anilines is 1. The topological polar surface area (TPSA) is 107 Å². The normalized spacial score (nSPS) is 10.8. The van der Waals surface area contributed by atoms with Crippen LogP contribution in [-0.2, 0) is 17.1 Å². The summed E-state index contributed by atoms with van der Waals surface area (Å²) in [6.45, 7) is 0.0779. The number of thioether (sulfide) groups is 1. The molecule has 0 spiro atoms. The highest BCUT2D eigenvalue weighted by Gasteiger charge is 2.14. The Hall–Kier alpha value is -3.65. The van der Waals surface area contributed by atoms with Gasteiger partial charge in [-0.2, -0.15) is 0 Å². The number of nitrogens with one attached hydrogen (secondary N) is 1. The number of hydrogen-bond acceptors (Lipinski definition) is 7. The third kappa shape index (κ3) is 4.33. The van der Waals surface area contributed by atoms with Gasteiger partial charge in [0.05, 0.1) is 0 Å². The van der Waals surface area contributed by atoms with E-state index in [1.807, 2.05) is 54.6 Å². The number of hydrogen-bond donors (Lipinski definition) is 2. The van der Waals surface area contributed by atoms with Crippen molar-refractivity contribution in [2.24, 2.45) is 0 Å². The number of nitrogens with zero attached hydrogens (tertiary/aromatic N) is 3. The number of carbonyl (C=O) groups excluding carboxylic acids is 1. The Kier molecular flexibility index (Phi) is 5.76. The maximum Gasteiger partial charge on any atom is 0.437 e. The number of nitrogens with two attached hydrogens (primary N) is 1. The van der Waals surface area contributed by atoms with E-state index in [1.165, 1.54) is 11.8 Å². The fraction of sp³-hybridized carbons (Fsp3) is 0.0909. The molecule has 7 nitrogen and oxygen atoms in total. The van der Waals surface area contributed by atoms with Gasteiger partial charge in [-0.05, 0) is 21.9 Å². The van der Waals surface area contributed by atoms with E-state index in [0.717, 1.165) is 26.6 Å². The summed E-state index contributed by atoms with van der Waals surface area (Å²) >= 11 is 1.34. The molecule has 0 aliphatic rings. The standard InChI is InChI=1S/C22H19N5O2S/c23-19-20(24)27(22(28)29-13-15-7-2-1-3-8-15)26-21(25-19)30-14-17-11-6-10-16-9-4-5-12-18(16)17/h1-12,24H,13-14H2,(H2,23,25,26). The number of fused-ring (bicyclic) bond motifs is 1. The number of nitrogen functional groups attached to an aromatic ring is 1. The molecule has 0 aliphatic heterocycles. The molecule has 0 atom stereocenters. The third-order valence-corrected chi connectivity index (χ3v) is 5.36. The monoisotopic (exact) mass is 417 g/mol. The van der Waals surface area contributed by atoms with Gasteiger partial charge < -0.3 is 10.5 Å². The zero-order valence-electron chi connectivity index (χ0n) is 16.0. The van der Waals surface area contributed by atoms with Crippen LogP contribution in [0.4, 0.5) is 10.6 Å². The van der Waals surface area contributed by atoms with Gasteiger partial charge in [0, 0.05) is 5.75 Å². The fourth-order valence-corrected chi connectivity index (χ4v) is 3.80. The quantitative estimate of drug-likeness (QED) is 0.476. The van der Waals surface area contributed by atoms with E-state index in [-0.39, 0.29) is 17.9 Å². The van der Waals surface area contributed by atoms with Crippen molar-refractivity contribution in [2.75, 3.05) is 5.73 Å². The van der Waals surface area contributed by atoms with Crippen molar-refractivity contribution in [3.63, 3.8) is 0 Å². The predicted molar refractivity (Wildman–Crippen MR) is 116 cm³/mol. The molecule has 0 aliphatic carbocycles. The molecule has 0 radical (unpaired) electrons. The van der Waals surface area contributed by atoms with Crippen LogP contribution in [0.25, 0.3) is 10.8 Å². The molecule has 3 N–H and O–H groups in total. The first-order valence-corrected chi connectivity index (χ1v) is 10.2. The van der Waals surface area contributed by atoms with Crippen molar-refractivity contribution in [1.29, 1.82) is 5.41 Å². The van der Waals surface area contributed by atoms with Crippen LogP contribution in [0.15, 0.2) is 78.0 Å². The molecule has 1 heterocycles. The first kappa shape index (κ1) is 19.7. The molecular formula is C22H19N5O2S. The molecule has 1 aromatic heterocycles. The average Bonchev–Trinajstić information content (AvgIpc) is 2.78. The second kappa shape index (κ2) is 8.79. The van der Waals surface area contributed by atoms with Gasteiger partial charge in [-0.3, -0.25) is 5.41 Å². The number of benzene rings is 3. The molecule has 4 rings (SSSR count). The largest absolute Gasteiger partial charge is 0.443 e. The zero-order chi connectivity index (χ0) is 20.9. The highest BCUT2D eigenvalue weighted by atomic mass is 32.2. The Balaban J connectivity index is 1.52. The van der Waals surface area contributed by atoms with E-state index in [4.69, 9.17) is 15.9 Å². The van der Waals surface area contributed by atoms with Crippen molar-refractivity contribution in [3.05, 3.63) is 89.4 Å². The molecule has 0 saturated heterocycles. The van der Waals surface area contributed by atoms with Gasteiger partial charge in [0.25, 0.3) is 0 Å². The zero-order valence-corrected chi connectivity index (χ0v) is 16.8. The highest BCUT2D eigenvalue weighted by Crippen LogP contribution is 2.25. The SMILES string of the molecule is N=c1c(N)nc(SCc2cccc3ccccc23)nn1C(=O)OCc1ccccc1. The molecule has 150 valence electrons. The summed E-state index contributed by atoms with van der Waals surface area (Å²) in [7, 11) is 0. The number of carbonyl (C=O) groups is 1. The van der Waals surface area contributed by atoms with Gasteiger partial charge in [-0.1, -0.05) is 84.6 Å². The predicted octanol–water partition coefficient (Wildman–Crippen LogP) is 3.97. The van der Waals surface area contributed by atoms with Gasteiger partial charge >= 0.3 is 6.09 Å². The lowest BCUT2D eigenvalue weighted by Crippen LogP contribution is -2.33. The van der Waals surface area contributed by atoms with Crippen LogP contribution >= 0.6 is 11.8 Å². The summed E-state index contributed by atoms with van der Waals surface area (Å²) in [5.74, 6) is 0.513. The van der Waals surface area contributed by atoms with Crippen LogP contribution in [0.5, 0.6) is 0 Å². The van der Waals surface area contributed by atoms with Crippen LogP contribution in [0, 0.1) is 5.41 Å². The Morgan fingerprint density at radius 2 is 1.77 bits per heavy atom. The first-order valence-electron chi connectivity index (χ1n) is 9.24. The summed E-state index contributed by atoms with van der Waals surface area (Å²) in [4.78, 5) is 16.6. The smallest absolute Gasteiger partial charge is 0.437 e. The lowest BCUT2D eigenvalue weighted by Gasteiger charge is -2.10. The van der Waals surface area contributed by atoms with Gasteiger partial charge in [-0.25, -0.2) is 9.78 Å². The van der Waals surface area contributed by atoms with Gasteiger partial charge in [-0.15, -0.1) is 9.78 Å². The molecule has 0 amide bonds. The highest BCUT2D eigenvalue weighted by molar-refractivity contribution is 7.98. The maximum absolute atomic E-state index is 12.5. The first-order chi connectivity index (χ1) is 14.6. The minimum Gasteiger partial charge on any atom is -0.443 e. The molecule has 30 heavy (non-hydrogen) atoms. The molecule has 0 saturated carbocycles. The van der Waals surface area contributed by atoms with Crippen LogP contribution in [0.1, 0.15) is 11.1 Å². The Morgan fingerprint density at radius 3 is 2.60 bits per heavy atom. The number of aromatic nitrogens is 3. The Labute approximate surface area is 177 Å². The molecular weight excluding hydrogens is 398 g/mol. The van der Waals surface area contributed by atoms with E-state index in [9.17, 15) is 4.79 Å². The average molecular weight is 417 g/mol. The van der Waals surface area contributed by atoms with Crippen molar-refractivity contribution in [2.45, 2.75) is 17.5 Å². The lowest BCUT2D eigenvalue weighted by atomic mass is 10.1. The summed E-state index contributed by atoms with van der Waals surface area (Å²) in [6.07, 6.45) is -0.773. The number of ether oxygens (including phenoxy) is 1. The Bertz CT molecular complexity index is 1250. The summed E-state index contributed by atoms with van der Waals surface area (Å²) in [5, 5.41) is 14.8. The minimum atomic E-state index is -0.773. The third-order valence-electron chi connectivity index (χ3n) is 4.47. The summed E-state index contributed by atoms with van der Waals surface area (Å²) < 4.78 is 6.12. The van der Waals surface area contributed by atoms with E-state index < -0.39 is 6.09 Å². The fourth-order valence-electron chi connectivity index (χ4n) is 2.96. The van der Waals surface area contributed by atoms with Crippen LogP contribution in [0.2, 0.25) is 0 Å². The summed E-state index contributed by atoms with van der Waals surface area (Å²) in [5.41, 5.74) is 7.50. The number of rotatable bonds is 5. The van der Waals surface area contributed by atoms with E-state index in [1.54, 1.807) is 0 Å². The van der Waals surface area contributed by atoms with Gasteiger partial charge in [0.2, 0.25) is 5.16 Å². The summed E-state index contributed by atoms with van der Waals surface area (Å²) in [6, 6.07) is 23.5. The lowest BCUT2D eigenvalue weighted by molar-refractivity contribution is 0.135. The van der Waals surface area contributed by atoms with Crippen molar-refractivity contribution >= 4 is 34.4 Å². The second-order valence-corrected chi connectivity index (χ2v) is 7.45. The van der Waals surface area contributed by atoms with Crippen molar-refractivity contribution < 1.29 is 9.53 Å². The van der Waals surface area contributed by atoms with Crippen molar-refractivity contribution in [1.82, 2.24) is 14.8 Å². The van der Waals surface area contributed by atoms with E-state index in [2.05, 4.69) is 28.3 Å². The van der Waals surface area contributed by atoms with Crippen LogP contribution in [0.3, 0.4) is 0 Å². The van der Waals surface area contributed by atoms with E-state index in [0.29, 0.717) is 10.9 Å². The van der Waals surface area contributed by atoms with Crippen LogP contribution in [-0.4, -0.2) is 20.9 Å². The molecule has 0 fully saturated rings. The van der Waals surface area contributed by atoms with Crippen molar-refractivity contribution in [3.8, 4) is 0 Å². The molecule has 4 aromatic rings. The van der Waals surface area contributed by atoms with E-state index >= 15 is 0 Å². The molecule has 3 aromatic carbocycles. The second-order valence-electron chi connectivity index (χ2n) is 6.51. The van der Waals surface area contributed by atoms with Gasteiger partial charge in [0.1, 0.15) is 6.61 Å². The van der Waals surface area contributed by atoms with Gasteiger partial charge in [0.15, 0.2) is 11.3 Å². The van der Waals surface area contributed by atoms with Crippen LogP contribution < -0.4 is 11.2 Å². The maximum atomic E-state index is 12.5.